The highest BCUT2D eigenvalue weighted by Crippen LogP contribution is 2.33. The molecule has 0 heterocycles. The molecule has 0 aliphatic heterocycles. The fourth-order valence-electron chi connectivity index (χ4n) is 1.84. The topological polar surface area (TPSA) is 63.3 Å². The zero-order chi connectivity index (χ0) is 14.8. The third-order valence-electron chi connectivity index (χ3n) is 3.38. The Bertz CT molecular complexity index is 459. The molecule has 0 amide bonds. The summed E-state index contributed by atoms with van der Waals surface area (Å²) in [5.74, 6) is -2.01. The predicted molar refractivity (Wildman–Crippen MR) is 64.6 cm³/mol. The summed E-state index contributed by atoms with van der Waals surface area (Å²) < 4.78 is 37.8. The van der Waals surface area contributed by atoms with E-state index in [-0.39, 0.29) is 5.92 Å². The minimum absolute atomic E-state index is 0.381. The number of nitrogens with two attached hydrogens (primary N) is 1. The first-order valence-electron chi connectivity index (χ1n) is 5.80. The molecule has 0 fully saturated rings. The van der Waals surface area contributed by atoms with Crippen molar-refractivity contribution in [3.63, 3.8) is 0 Å². The molecule has 3 N–H and O–H groups in total. The highest BCUT2D eigenvalue weighted by atomic mass is 19.4. The molecule has 0 spiro atoms. The van der Waals surface area contributed by atoms with Gasteiger partial charge in [0, 0.05) is 0 Å². The van der Waals surface area contributed by atoms with E-state index in [0.29, 0.717) is 5.56 Å². The molecule has 1 aromatic rings. The van der Waals surface area contributed by atoms with Crippen LogP contribution in [-0.2, 0) is 11.0 Å². The van der Waals surface area contributed by atoms with Gasteiger partial charge in [-0.05, 0) is 23.5 Å². The van der Waals surface area contributed by atoms with Crippen LogP contribution in [0.5, 0.6) is 0 Å². The molecular formula is C13H16F3NO2. The Morgan fingerprint density at radius 2 is 1.89 bits per heavy atom. The molecule has 6 heteroatoms. The third-order valence-corrected chi connectivity index (χ3v) is 3.38. The Hall–Kier alpha value is -1.56. The summed E-state index contributed by atoms with van der Waals surface area (Å²) in [4.78, 5) is 10.8. The molecule has 3 unspecified atom stereocenters. The number of carboxylic acids is 1. The van der Waals surface area contributed by atoms with Crippen molar-refractivity contribution in [3.05, 3.63) is 35.4 Å². The molecule has 0 saturated heterocycles. The molecule has 1 rings (SSSR count). The first-order chi connectivity index (χ1) is 8.64. The average Bonchev–Trinajstić information content (AvgIpc) is 2.35. The van der Waals surface area contributed by atoms with Crippen LogP contribution in [0.1, 0.15) is 30.9 Å². The smallest absolute Gasteiger partial charge is 0.416 e. The number of carboxylic acid groups (broad SMARTS) is 1. The van der Waals surface area contributed by atoms with E-state index in [2.05, 4.69) is 0 Å². The minimum atomic E-state index is -4.41. The fraction of sp³-hybridized carbons (Fsp3) is 0.462. The lowest BCUT2D eigenvalue weighted by molar-refractivity contribution is -0.140. The van der Waals surface area contributed by atoms with Crippen LogP contribution in [0.4, 0.5) is 13.2 Å². The van der Waals surface area contributed by atoms with Crippen molar-refractivity contribution in [1.82, 2.24) is 0 Å². The lowest BCUT2D eigenvalue weighted by Gasteiger charge is -2.24. The van der Waals surface area contributed by atoms with Crippen LogP contribution in [0.3, 0.4) is 0 Å². The molecule has 0 saturated carbocycles. The Balaban J connectivity index is 3.00. The Labute approximate surface area is 109 Å². The third kappa shape index (κ3) is 3.70. The van der Waals surface area contributed by atoms with Crippen LogP contribution >= 0.6 is 0 Å². The van der Waals surface area contributed by atoms with Gasteiger partial charge in [0.15, 0.2) is 0 Å². The molecule has 19 heavy (non-hydrogen) atoms. The van der Waals surface area contributed by atoms with Crippen LogP contribution in [0.25, 0.3) is 0 Å². The van der Waals surface area contributed by atoms with Gasteiger partial charge in [-0.2, -0.15) is 13.2 Å². The molecule has 1 aromatic carbocycles. The maximum absolute atomic E-state index is 12.6. The van der Waals surface area contributed by atoms with Gasteiger partial charge in [-0.1, -0.05) is 32.0 Å². The Morgan fingerprint density at radius 1 is 1.32 bits per heavy atom. The quantitative estimate of drug-likeness (QED) is 0.888. The van der Waals surface area contributed by atoms with E-state index in [1.165, 1.54) is 6.07 Å². The van der Waals surface area contributed by atoms with Crippen molar-refractivity contribution in [2.45, 2.75) is 32.0 Å². The number of hydrogen-bond acceptors (Lipinski definition) is 2. The van der Waals surface area contributed by atoms with Gasteiger partial charge in [-0.25, -0.2) is 0 Å². The lowest BCUT2D eigenvalue weighted by atomic mass is 9.83. The van der Waals surface area contributed by atoms with E-state index in [4.69, 9.17) is 10.8 Å². The second-order valence-electron chi connectivity index (χ2n) is 4.64. The van der Waals surface area contributed by atoms with Crippen LogP contribution in [-0.4, -0.2) is 17.1 Å². The number of carbonyl (C=O) groups is 1. The number of halogens is 3. The summed E-state index contributed by atoms with van der Waals surface area (Å²) in [6.45, 7) is 3.28. The van der Waals surface area contributed by atoms with Crippen LogP contribution < -0.4 is 5.73 Å². The molecule has 0 aromatic heterocycles. The van der Waals surface area contributed by atoms with E-state index in [9.17, 15) is 18.0 Å². The Kier molecular flexibility index (Phi) is 4.57. The number of rotatable bonds is 4. The highest BCUT2D eigenvalue weighted by Gasteiger charge is 2.32. The first-order valence-corrected chi connectivity index (χ1v) is 5.80. The van der Waals surface area contributed by atoms with Gasteiger partial charge in [-0.15, -0.1) is 0 Å². The number of alkyl halides is 3. The van der Waals surface area contributed by atoms with Gasteiger partial charge in [0.1, 0.15) is 6.04 Å². The van der Waals surface area contributed by atoms with Crippen molar-refractivity contribution < 1.29 is 23.1 Å². The maximum Gasteiger partial charge on any atom is 0.416 e. The van der Waals surface area contributed by atoms with Gasteiger partial charge in [0.25, 0.3) is 0 Å². The van der Waals surface area contributed by atoms with Gasteiger partial charge in [0.05, 0.1) is 5.56 Å². The van der Waals surface area contributed by atoms with Crippen LogP contribution in [0.2, 0.25) is 0 Å². The molecular weight excluding hydrogens is 259 g/mol. The monoisotopic (exact) mass is 275 g/mol. The van der Waals surface area contributed by atoms with Gasteiger partial charge >= 0.3 is 12.1 Å². The van der Waals surface area contributed by atoms with Crippen LogP contribution in [0, 0.1) is 5.92 Å². The molecule has 0 radical (unpaired) electrons. The molecule has 3 atom stereocenters. The molecule has 0 bridgehead atoms. The van der Waals surface area contributed by atoms with Crippen LogP contribution in [0.15, 0.2) is 24.3 Å². The zero-order valence-electron chi connectivity index (χ0n) is 10.6. The van der Waals surface area contributed by atoms with E-state index in [0.717, 1.165) is 12.1 Å². The van der Waals surface area contributed by atoms with Crippen molar-refractivity contribution in [3.8, 4) is 0 Å². The van der Waals surface area contributed by atoms with E-state index in [1.807, 2.05) is 0 Å². The van der Waals surface area contributed by atoms with E-state index < -0.39 is 29.7 Å². The normalized spacial score (nSPS) is 16.7. The standard InChI is InChI=1S/C13H16F3NO2/c1-7(8(2)11(17)12(18)19)9-4-3-5-10(6-9)13(14,15)16/h3-8,11H,17H2,1-2H3,(H,18,19). The highest BCUT2D eigenvalue weighted by molar-refractivity contribution is 5.73. The predicted octanol–water partition coefficient (Wildman–Crippen LogP) is 2.86. The summed E-state index contributed by atoms with van der Waals surface area (Å²) in [6.07, 6.45) is -4.41. The zero-order valence-corrected chi connectivity index (χ0v) is 10.6. The molecule has 0 aliphatic carbocycles. The van der Waals surface area contributed by atoms with Gasteiger partial charge < -0.3 is 10.8 Å². The van der Waals surface area contributed by atoms with E-state index in [1.54, 1.807) is 19.9 Å². The second-order valence-corrected chi connectivity index (χ2v) is 4.64. The molecule has 0 aliphatic rings. The first kappa shape index (κ1) is 15.5. The van der Waals surface area contributed by atoms with Gasteiger partial charge in [0.2, 0.25) is 0 Å². The molecule has 106 valence electrons. The largest absolute Gasteiger partial charge is 0.480 e. The number of hydrogen-bond donors (Lipinski definition) is 2. The SMILES string of the molecule is CC(c1cccc(C(F)(F)F)c1)C(C)C(N)C(=O)O. The average molecular weight is 275 g/mol. The summed E-state index contributed by atoms with van der Waals surface area (Å²) in [7, 11) is 0. The number of aliphatic carboxylic acids is 1. The van der Waals surface area contributed by atoms with Crippen molar-refractivity contribution in [2.75, 3.05) is 0 Å². The van der Waals surface area contributed by atoms with Crippen molar-refractivity contribution in [1.29, 1.82) is 0 Å². The van der Waals surface area contributed by atoms with E-state index >= 15 is 0 Å². The maximum atomic E-state index is 12.6. The fourth-order valence-corrected chi connectivity index (χ4v) is 1.84. The van der Waals surface area contributed by atoms with Crippen molar-refractivity contribution >= 4 is 5.97 Å². The second kappa shape index (κ2) is 5.61. The van der Waals surface area contributed by atoms with Gasteiger partial charge in [-0.3, -0.25) is 4.79 Å². The summed E-state index contributed by atoms with van der Waals surface area (Å²) >= 11 is 0. The Morgan fingerprint density at radius 3 is 2.37 bits per heavy atom. The molecule has 3 nitrogen and oxygen atoms in total. The summed E-state index contributed by atoms with van der Waals surface area (Å²) in [5, 5.41) is 8.83. The summed E-state index contributed by atoms with van der Waals surface area (Å²) in [5.41, 5.74) is 5.19. The minimum Gasteiger partial charge on any atom is -0.480 e. The summed E-state index contributed by atoms with van der Waals surface area (Å²) in [6, 6.07) is 3.77. The number of benzene rings is 1. The van der Waals surface area contributed by atoms with Crippen molar-refractivity contribution in [2.24, 2.45) is 11.7 Å². The lowest BCUT2D eigenvalue weighted by Crippen LogP contribution is -2.38.